The van der Waals surface area contributed by atoms with Gasteiger partial charge in [-0.3, -0.25) is 4.79 Å². The van der Waals surface area contributed by atoms with Gasteiger partial charge in [-0.15, -0.1) is 0 Å². The Labute approximate surface area is 185 Å². The predicted molar refractivity (Wildman–Crippen MR) is 125 cm³/mol. The molecule has 2 N–H and O–H groups in total. The smallest absolute Gasteiger partial charge is 0.251 e. The number of halogens is 1. The van der Waals surface area contributed by atoms with Gasteiger partial charge >= 0.3 is 0 Å². The van der Waals surface area contributed by atoms with Crippen LogP contribution in [0.15, 0.2) is 89.4 Å². The van der Waals surface area contributed by atoms with E-state index in [0.29, 0.717) is 5.56 Å². The summed E-state index contributed by atoms with van der Waals surface area (Å²) >= 11 is 3.50. The zero-order valence-electron chi connectivity index (χ0n) is 17.0. The lowest BCUT2D eigenvalue weighted by atomic mass is 9.83. The molecule has 0 fully saturated rings. The standard InChI is InChI=1S/C26H24BrNO2/c1-17-5-3-4-14-26(17,2)28-25(30)20-9-7-19(8-10-20)24(29)21-11-6-18-12-13-23(27)16-22(18)15-21/h3-17,24,29H,1-2H3,(H,28,30). The van der Waals surface area contributed by atoms with E-state index in [-0.39, 0.29) is 11.8 Å². The van der Waals surface area contributed by atoms with Gasteiger partial charge in [-0.25, -0.2) is 0 Å². The number of aliphatic hydroxyl groups is 1. The maximum Gasteiger partial charge on any atom is 0.251 e. The molecular formula is C26H24BrNO2. The van der Waals surface area contributed by atoms with E-state index in [1.807, 2.05) is 73.7 Å². The fraction of sp³-hybridized carbons (Fsp3) is 0.192. The molecule has 0 saturated carbocycles. The first kappa shape index (κ1) is 20.6. The second-order valence-electron chi connectivity index (χ2n) is 8.04. The van der Waals surface area contributed by atoms with Gasteiger partial charge in [0.25, 0.3) is 5.91 Å². The first-order valence-electron chi connectivity index (χ1n) is 10.0. The van der Waals surface area contributed by atoms with E-state index in [2.05, 4.69) is 34.2 Å². The van der Waals surface area contributed by atoms with Crippen molar-refractivity contribution in [2.24, 2.45) is 5.92 Å². The molecule has 3 aromatic rings. The number of amides is 1. The van der Waals surface area contributed by atoms with Gasteiger partial charge in [0.1, 0.15) is 6.10 Å². The molecule has 0 bridgehead atoms. The summed E-state index contributed by atoms with van der Waals surface area (Å²) in [5.74, 6) is 0.0846. The Balaban J connectivity index is 1.52. The van der Waals surface area contributed by atoms with Crippen molar-refractivity contribution in [2.45, 2.75) is 25.5 Å². The Kier molecular flexibility index (Phi) is 5.63. The van der Waals surface area contributed by atoms with Gasteiger partial charge in [-0.1, -0.05) is 77.5 Å². The topological polar surface area (TPSA) is 49.3 Å². The number of carbonyl (C=O) groups excluding carboxylic acids is 1. The Morgan fingerprint density at radius 3 is 2.43 bits per heavy atom. The average molecular weight is 462 g/mol. The van der Waals surface area contributed by atoms with E-state index < -0.39 is 11.6 Å². The molecule has 3 aromatic carbocycles. The normalized spacial score (nSPS) is 21.5. The summed E-state index contributed by atoms with van der Waals surface area (Å²) in [7, 11) is 0. The van der Waals surface area contributed by atoms with Gasteiger partial charge in [-0.05, 0) is 59.2 Å². The molecule has 30 heavy (non-hydrogen) atoms. The molecule has 1 amide bonds. The molecule has 4 rings (SSSR count). The van der Waals surface area contributed by atoms with Gasteiger partial charge < -0.3 is 10.4 Å². The molecule has 152 valence electrons. The van der Waals surface area contributed by atoms with Crippen molar-refractivity contribution < 1.29 is 9.90 Å². The van der Waals surface area contributed by atoms with Crippen molar-refractivity contribution in [3.05, 3.63) is 106 Å². The molecule has 3 unspecified atom stereocenters. The first-order valence-corrected chi connectivity index (χ1v) is 10.8. The molecule has 0 saturated heterocycles. The monoisotopic (exact) mass is 461 g/mol. The molecular weight excluding hydrogens is 438 g/mol. The lowest BCUT2D eigenvalue weighted by Crippen LogP contribution is -2.49. The van der Waals surface area contributed by atoms with E-state index in [9.17, 15) is 9.90 Å². The highest BCUT2D eigenvalue weighted by atomic mass is 79.9. The SMILES string of the molecule is CC1C=CC=CC1(C)NC(=O)c1ccc(C(O)c2ccc3ccc(Br)cc3c2)cc1. The predicted octanol–water partition coefficient (Wildman–Crippen LogP) is 5.93. The van der Waals surface area contributed by atoms with Crippen LogP contribution >= 0.6 is 15.9 Å². The summed E-state index contributed by atoms with van der Waals surface area (Å²) < 4.78 is 1.00. The highest BCUT2D eigenvalue weighted by Gasteiger charge is 2.30. The van der Waals surface area contributed by atoms with Crippen LogP contribution in [-0.4, -0.2) is 16.6 Å². The second-order valence-corrected chi connectivity index (χ2v) is 8.96. The molecule has 3 atom stereocenters. The van der Waals surface area contributed by atoms with Crippen LogP contribution in [0.5, 0.6) is 0 Å². The van der Waals surface area contributed by atoms with E-state index in [1.165, 1.54) is 0 Å². The van der Waals surface area contributed by atoms with Crippen LogP contribution in [-0.2, 0) is 0 Å². The van der Waals surface area contributed by atoms with E-state index >= 15 is 0 Å². The Bertz CT molecular complexity index is 1150. The molecule has 0 aliphatic heterocycles. The summed E-state index contributed by atoms with van der Waals surface area (Å²) in [5, 5.41) is 16.2. The summed E-state index contributed by atoms with van der Waals surface area (Å²) in [6.45, 7) is 4.10. The zero-order chi connectivity index (χ0) is 21.3. The number of nitrogens with one attached hydrogen (secondary N) is 1. The first-order chi connectivity index (χ1) is 14.4. The van der Waals surface area contributed by atoms with E-state index in [1.54, 1.807) is 12.1 Å². The number of benzene rings is 3. The third kappa shape index (κ3) is 4.11. The Hall–Kier alpha value is -2.69. The van der Waals surface area contributed by atoms with Crippen molar-refractivity contribution in [1.82, 2.24) is 5.32 Å². The molecule has 1 aliphatic rings. The minimum Gasteiger partial charge on any atom is -0.384 e. The minimum atomic E-state index is -0.755. The minimum absolute atomic E-state index is 0.124. The van der Waals surface area contributed by atoms with Crippen molar-refractivity contribution in [3.63, 3.8) is 0 Å². The number of rotatable bonds is 4. The quantitative estimate of drug-likeness (QED) is 0.505. The van der Waals surface area contributed by atoms with Gasteiger partial charge in [0.05, 0.1) is 5.54 Å². The lowest BCUT2D eigenvalue weighted by molar-refractivity contribution is 0.0909. The van der Waals surface area contributed by atoms with E-state index in [4.69, 9.17) is 0 Å². The number of carbonyl (C=O) groups is 1. The Morgan fingerprint density at radius 2 is 1.70 bits per heavy atom. The Morgan fingerprint density at radius 1 is 1.00 bits per heavy atom. The van der Waals surface area contributed by atoms with Gasteiger partial charge in [-0.2, -0.15) is 0 Å². The third-order valence-electron chi connectivity index (χ3n) is 5.91. The molecule has 3 nitrogen and oxygen atoms in total. The lowest BCUT2D eigenvalue weighted by Gasteiger charge is -2.34. The average Bonchev–Trinajstić information content (AvgIpc) is 2.75. The molecule has 4 heteroatoms. The number of aliphatic hydroxyl groups excluding tert-OH is 1. The summed E-state index contributed by atoms with van der Waals surface area (Å²) in [5.41, 5.74) is 1.73. The molecule has 0 heterocycles. The molecule has 0 aromatic heterocycles. The largest absolute Gasteiger partial charge is 0.384 e. The van der Waals surface area contributed by atoms with Crippen LogP contribution in [0.4, 0.5) is 0 Å². The van der Waals surface area contributed by atoms with Crippen LogP contribution in [0.25, 0.3) is 10.8 Å². The highest BCUT2D eigenvalue weighted by Crippen LogP contribution is 2.28. The third-order valence-corrected chi connectivity index (χ3v) is 6.41. The van der Waals surface area contributed by atoms with Crippen LogP contribution in [0.1, 0.15) is 41.4 Å². The zero-order valence-corrected chi connectivity index (χ0v) is 18.6. The summed E-state index contributed by atoms with van der Waals surface area (Å²) in [6, 6.07) is 19.2. The van der Waals surface area contributed by atoms with Crippen molar-refractivity contribution in [1.29, 1.82) is 0 Å². The van der Waals surface area contributed by atoms with Gasteiger partial charge in [0.15, 0.2) is 0 Å². The van der Waals surface area contributed by atoms with Crippen LogP contribution in [0, 0.1) is 5.92 Å². The fourth-order valence-electron chi connectivity index (χ4n) is 3.73. The number of allylic oxidation sites excluding steroid dienone is 2. The van der Waals surface area contributed by atoms with Crippen molar-refractivity contribution in [2.75, 3.05) is 0 Å². The van der Waals surface area contributed by atoms with Gasteiger partial charge in [0, 0.05) is 16.0 Å². The van der Waals surface area contributed by atoms with Crippen LogP contribution < -0.4 is 5.32 Å². The number of hydrogen-bond donors (Lipinski definition) is 2. The number of hydrogen-bond acceptors (Lipinski definition) is 2. The maximum atomic E-state index is 12.8. The molecule has 1 aliphatic carbocycles. The van der Waals surface area contributed by atoms with Gasteiger partial charge in [0.2, 0.25) is 0 Å². The van der Waals surface area contributed by atoms with Crippen molar-refractivity contribution >= 4 is 32.6 Å². The van der Waals surface area contributed by atoms with E-state index in [0.717, 1.165) is 26.4 Å². The highest BCUT2D eigenvalue weighted by molar-refractivity contribution is 9.10. The fourth-order valence-corrected chi connectivity index (χ4v) is 4.10. The number of fused-ring (bicyclic) bond motifs is 1. The maximum absolute atomic E-state index is 12.8. The second kappa shape index (κ2) is 8.21. The molecule has 0 spiro atoms. The van der Waals surface area contributed by atoms with Crippen LogP contribution in [0.2, 0.25) is 0 Å². The summed E-state index contributed by atoms with van der Waals surface area (Å²) in [4.78, 5) is 12.8. The van der Waals surface area contributed by atoms with Crippen molar-refractivity contribution in [3.8, 4) is 0 Å². The summed E-state index contributed by atoms with van der Waals surface area (Å²) in [6.07, 6.45) is 7.31. The van der Waals surface area contributed by atoms with Crippen LogP contribution in [0.3, 0.4) is 0 Å². The molecule has 0 radical (unpaired) electrons.